The minimum absolute atomic E-state index is 0.114. The smallest absolute Gasteiger partial charge is 0.255 e. The van der Waals surface area contributed by atoms with E-state index in [1.54, 1.807) is 24.5 Å². The molecule has 0 fully saturated rings. The predicted octanol–water partition coefficient (Wildman–Crippen LogP) is 2.38. The van der Waals surface area contributed by atoms with Crippen molar-refractivity contribution >= 4 is 33.2 Å². The SMILES string of the molecule is Nc1ccc(C(=O)Nc2ccncc2Br)cc1O. The fourth-order valence-corrected chi connectivity index (χ4v) is 1.71. The van der Waals surface area contributed by atoms with Gasteiger partial charge in [-0.05, 0) is 40.2 Å². The van der Waals surface area contributed by atoms with Crippen LogP contribution in [-0.4, -0.2) is 16.0 Å². The van der Waals surface area contributed by atoms with E-state index in [-0.39, 0.29) is 17.3 Å². The van der Waals surface area contributed by atoms with Crippen molar-refractivity contribution in [1.82, 2.24) is 4.98 Å². The molecule has 2 rings (SSSR count). The number of aromatic nitrogens is 1. The van der Waals surface area contributed by atoms with Gasteiger partial charge in [0.15, 0.2) is 0 Å². The summed E-state index contributed by atoms with van der Waals surface area (Å²) in [5.74, 6) is -0.450. The monoisotopic (exact) mass is 307 g/mol. The number of hydrogen-bond acceptors (Lipinski definition) is 4. The molecule has 1 aromatic carbocycles. The van der Waals surface area contributed by atoms with E-state index in [1.165, 1.54) is 12.1 Å². The number of rotatable bonds is 2. The molecule has 1 heterocycles. The van der Waals surface area contributed by atoms with Gasteiger partial charge in [0, 0.05) is 18.0 Å². The van der Waals surface area contributed by atoms with Gasteiger partial charge >= 0.3 is 0 Å². The number of carbonyl (C=O) groups is 1. The Bertz CT molecular complexity index is 602. The number of aromatic hydroxyl groups is 1. The van der Waals surface area contributed by atoms with Gasteiger partial charge in [-0.25, -0.2) is 0 Å². The number of carbonyl (C=O) groups excluding carboxylic acids is 1. The third-order valence-corrected chi connectivity index (χ3v) is 2.95. The van der Waals surface area contributed by atoms with Crippen LogP contribution in [0.2, 0.25) is 0 Å². The lowest BCUT2D eigenvalue weighted by Crippen LogP contribution is -2.12. The molecule has 0 radical (unpaired) electrons. The number of phenolic OH excluding ortho intramolecular Hbond substituents is 1. The van der Waals surface area contributed by atoms with Crippen LogP contribution in [0.5, 0.6) is 5.75 Å². The van der Waals surface area contributed by atoms with E-state index >= 15 is 0 Å². The Morgan fingerprint density at radius 1 is 1.39 bits per heavy atom. The lowest BCUT2D eigenvalue weighted by atomic mass is 10.1. The minimum Gasteiger partial charge on any atom is -0.506 e. The zero-order valence-electron chi connectivity index (χ0n) is 9.22. The van der Waals surface area contributed by atoms with E-state index in [9.17, 15) is 9.90 Å². The third-order valence-electron chi connectivity index (χ3n) is 2.31. The molecule has 0 aliphatic heterocycles. The number of nitrogens with one attached hydrogen (secondary N) is 1. The van der Waals surface area contributed by atoms with Gasteiger partial charge in [-0.15, -0.1) is 0 Å². The van der Waals surface area contributed by atoms with Crippen LogP contribution in [0, 0.1) is 0 Å². The number of pyridine rings is 1. The molecule has 0 saturated heterocycles. The highest BCUT2D eigenvalue weighted by Crippen LogP contribution is 2.23. The normalized spacial score (nSPS) is 10.1. The topological polar surface area (TPSA) is 88.2 Å². The molecule has 1 amide bonds. The summed E-state index contributed by atoms with van der Waals surface area (Å²) in [6.45, 7) is 0. The van der Waals surface area contributed by atoms with Crippen LogP contribution >= 0.6 is 15.9 Å². The van der Waals surface area contributed by atoms with Crippen molar-refractivity contribution in [2.75, 3.05) is 11.1 Å². The zero-order valence-corrected chi connectivity index (χ0v) is 10.8. The first-order chi connectivity index (χ1) is 8.58. The molecule has 5 nitrogen and oxygen atoms in total. The highest BCUT2D eigenvalue weighted by Gasteiger charge is 2.09. The molecule has 0 unspecified atom stereocenters. The van der Waals surface area contributed by atoms with Crippen molar-refractivity contribution in [1.29, 1.82) is 0 Å². The Morgan fingerprint density at radius 2 is 2.17 bits per heavy atom. The number of phenols is 1. The Labute approximate surface area is 112 Å². The molecule has 0 aliphatic rings. The molecule has 0 atom stereocenters. The average molecular weight is 308 g/mol. The van der Waals surface area contributed by atoms with E-state index in [0.29, 0.717) is 15.7 Å². The van der Waals surface area contributed by atoms with Crippen LogP contribution in [-0.2, 0) is 0 Å². The predicted molar refractivity (Wildman–Crippen MR) is 72.4 cm³/mol. The summed E-state index contributed by atoms with van der Waals surface area (Å²) in [5.41, 5.74) is 6.63. The summed E-state index contributed by atoms with van der Waals surface area (Å²) >= 11 is 3.28. The number of anilines is 2. The molecule has 6 heteroatoms. The van der Waals surface area contributed by atoms with Crippen LogP contribution in [0.15, 0.2) is 41.1 Å². The van der Waals surface area contributed by atoms with Crippen molar-refractivity contribution < 1.29 is 9.90 Å². The van der Waals surface area contributed by atoms with Gasteiger partial charge < -0.3 is 16.2 Å². The summed E-state index contributed by atoms with van der Waals surface area (Å²) in [4.78, 5) is 15.8. The summed E-state index contributed by atoms with van der Waals surface area (Å²) in [6, 6.07) is 6.00. The van der Waals surface area contributed by atoms with Crippen LogP contribution in [0.1, 0.15) is 10.4 Å². The van der Waals surface area contributed by atoms with Crippen molar-refractivity contribution in [3.05, 3.63) is 46.7 Å². The van der Waals surface area contributed by atoms with Crippen LogP contribution < -0.4 is 11.1 Å². The Hall–Kier alpha value is -2.08. The zero-order chi connectivity index (χ0) is 13.1. The van der Waals surface area contributed by atoms with Crippen molar-refractivity contribution in [3.8, 4) is 5.75 Å². The van der Waals surface area contributed by atoms with Gasteiger partial charge in [-0.2, -0.15) is 0 Å². The maximum Gasteiger partial charge on any atom is 0.255 e. The van der Waals surface area contributed by atoms with Gasteiger partial charge in [0.1, 0.15) is 5.75 Å². The molecule has 1 aromatic heterocycles. The maximum atomic E-state index is 11.9. The number of nitrogen functional groups attached to an aromatic ring is 1. The van der Waals surface area contributed by atoms with Gasteiger partial charge in [-0.1, -0.05) is 0 Å². The fraction of sp³-hybridized carbons (Fsp3) is 0. The maximum absolute atomic E-state index is 11.9. The van der Waals surface area contributed by atoms with Gasteiger partial charge in [0.05, 0.1) is 15.8 Å². The number of benzene rings is 1. The number of nitrogens with two attached hydrogens (primary N) is 1. The first-order valence-corrected chi connectivity index (χ1v) is 5.86. The Morgan fingerprint density at radius 3 is 2.83 bits per heavy atom. The van der Waals surface area contributed by atoms with E-state index < -0.39 is 0 Å². The number of hydrogen-bond donors (Lipinski definition) is 3. The average Bonchev–Trinajstić information content (AvgIpc) is 2.35. The lowest BCUT2D eigenvalue weighted by molar-refractivity contribution is 0.102. The largest absolute Gasteiger partial charge is 0.506 e. The van der Waals surface area contributed by atoms with Crippen molar-refractivity contribution in [2.24, 2.45) is 0 Å². The summed E-state index contributed by atoms with van der Waals surface area (Å²) in [6.07, 6.45) is 3.15. The Balaban J connectivity index is 2.22. The van der Waals surface area contributed by atoms with Crippen molar-refractivity contribution in [2.45, 2.75) is 0 Å². The number of halogens is 1. The molecule has 2 aromatic rings. The molecule has 18 heavy (non-hydrogen) atoms. The van der Waals surface area contributed by atoms with E-state index in [2.05, 4.69) is 26.2 Å². The van der Waals surface area contributed by atoms with Gasteiger partial charge in [0.2, 0.25) is 0 Å². The first-order valence-electron chi connectivity index (χ1n) is 5.07. The number of amides is 1. The summed E-state index contributed by atoms with van der Waals surface area (Å²) in [7, 11) is 0. The summed E-state index contributed by atoms with van der Waals surface area (Å²) in [5, 5.41) is 12.1. The molecular formula is C12H10BrN3O2. The third kappa shape index (κ3) is 2.60. The van der Waals surface area contributed by atoms with E-state index in [1.807, 2.05) is 0 Å². The molecular weight excluding hydrogens is 298 g/mol. The molecule has 0 bridgehead atoms. The standard InChI is InChI=1S/C12H10BrN3O2/c13-8-6-15-4-3-10(8)16-12(18)7-1-2-9(14)11(17)5-7/h1-6,17H,14H2,(H,15,16,18). The highest BCUT2D eigenvalue weighted by molar-refractivity contribution is 9.10. The molecule has 0 spiro atoms. The molecule has 0 saturated carbocycles. The van der Waals surface area contributed by atoms with Gasteiger partial charge in [-0.3, -0.25) is 9.78 Å². The second-order valence-electron chi connectivity index (χ2n) is 3.58. The van der Waals surface area contributed by atoms with E-state index in [0.717, 1.165) is 0 Å². The van der Waals surface area contributed by atoms with Crippen LogP contribution in [0.3, 0.4) is 0 Å². The fourth-order valence-electron chi connectivity index (χ4n) is 1.36. The van der Waals surface area contributed by atoms with Crippen molar-refractivity contribution in [3.63, 3.8) is 0 Å². The first kappa shape index (κ1) is 12.4. The van der Waals surface area contributed by atoms with Crippen LogP contribution in [0.25, 0.3) is 0 Å². The second kappa shape index (κ2) is 5.05. The summed E-state index contributed by atoms with van der Waals surface area (Å²) < 4.78 is 0.679. The minimum atomic E-state index is -0.336. The molecule has 92 valence electrons. The molecule has 4 N–H and O–H groups in total. The highest BCUT2D eigenvalue weighted by atomic mass is 79.9. The number of nitrogens with zero attached hydrogens (tertiary/aromatic N) is 1. The van der Waals surface area contributed by atoms with E-state index in [4.69, 9.17) is 5.73 Å². The van der Waals surface area contributed by atoms with Gasteiger partial charge in [0.25, 0.3) is 5.91 Å². The quantitative estimate of drug-likeness (QED) is 0.587. The molecule has 0 aliphatic carbocycles. The van der Waals surface area contributed by atoms with Crippen LogP contribution in [0.4, 0.5) is 11.4 Å². The second-order valence-corrected chi connectivity index (χ2v) is 4.44. The lowest BCUT2D eigenvalue weighted by Gasteiger charge is -2.07. The Kier molecular flexibility index (Phi) is 3.47.